The van der Waals surface area contributed by atoms with Gasteiger partial charge >= 0.3 is 5.97 Å². The quantitative estimate of drug-likeness (QED) is 0.627. The molecule has 0 saturated carbocycles. The summed E-state index contributed by atoms with van der Waals surface area (Å²) in [6, 6.07) is 1.53. The number of hydrogen-bond donors (Lipinski definition) is 3. The Labute approximate surface area is 123 Å². The second-order valence-corrected chi connectivity index (χ2v) is 5.77. The number of hydrogen-bond acceptors (Lipinski definition) is 5. The molecule has 1 amide bonds. The predicted molar refractivity (Wildman–Crippen MR) is 74.7 cm³/mol. The molecule has 1 saturated heterocycles. The van der Waals surface area contributed by atoms with Gasteiger partial charge in [0.1, 0.15) is 5.69 Å². The molecule has 1 aliphatic rings. The van der Waals surface area contributed by atoms with Crippen LogP contribution in [0.1, 0.15) is 34.8 Å². The van der Waals surface area contributed by atoms with Crippen LogP contribution in [-0.4, -0.2) is 53.9 Å². The van der Waals surface area contributed by atoms with Crippen molar-refractivity contribution in [2.75, 3.05) is 19.6 Å². The van der Waals surface area contributed by atoms with Crippen molar-refractivity contribution in [2.24, 2.45) is 5.73 Å². The first-order valence-corrected chi connectivity index (χ1v) is 7.65. The highest BCUT2D eigenvalue weighted by Crippen LogP contribution is 2.31. The first kappa shape index (κ1) is 15.5. The van der Waals surface area contributed by atoms with Gasteiger partial charge in [-0.1, -0.05) is 0 Å². The third-order valence-electron chi connectivity index (χ3n) is 3.74. The molecule has 8 nitrogen and oxygen atoms in total. The number of likely N-dealkylation sites (tertiary alicyclic amines) is 1. The number of nitrogens with two attached hydrogens (primary N) is 1. The van der Waals surface area contributed by atoms with E-state index in [1.54, 1.807) is 4.90 Å². The number of carbonyl (C=O) groups excluding carboxylic acids is 1. The van der Waals surface area contributed by atoms with Crippen molar-refractivity contribution in [1.29, 1.82) is 0 Å². The fourth-order valence-electron chi connectivity index (χ4n) is 2.69. The van der Waals surface area contributed by atoms with Gasteiger partial charge < -0.3 is 15.7 Å². The molecule has 0 spiro atoms. The molecule has 3 N–H and O–H groups in total. The molecule has 0 radical (unpaired) electrons. The average molecular weight is 315 g/mol. The highest BCUT2D eigenvalue weighted by molar-refractivity contribution is 7.70. The highest BCUT2D eigenvalue weighted by atomic mass is 32.2. The van der Waals surface area contributed by atoms with Gasteiger partial charge in [0.25, 0.3) is 0 Å². The molecule has 0 unspecified atom stereocenters. The van der Waals surface area contributed by atoms with E-state index in [0.717, 1.165) is 3.97 Å². The summed E-state index contributed by atoms with van der Waals surface area (Å²) in [4.78, 5) is 24.4. The highest BCUT2D eigenvalue weighted by Gasteiger charge is 2.28. The van der Waals surface area contributed by atoms with Crippen LogP contribution in [0.5, 0.6) is 0 Å². The summed E-state index contributed by atoms with van der Waals surface area (Å²) in [6.45, 7) is 0.945. The number of aromatic nitrogens is 1. The van der Waals surface area contributed by atoms with Crippen LogP contribution >= 0.6 is 0 Å². The Hall–Kier alpha value is -1.87. The van der Waals surface area contributed by atoms with Gasteiger partial charge in [-0.15, -0.1) is 0 Å². The van der Waals surface area contributed by atoms with E-state index in [-0.39, 0.29) is 24.1 Å². The van der Waals surface area contributed by atoms with E-state index in [0.29, 0.717) is 31.5 Å². The largest absolute Gasteiger partial charge is 0.477 e. The normalized spacial score (nSPS) is 16.4. The van der Waals surface area contributed by atoms with Gasteiger partial charge in [-0.3, -0.25) is 4.79 Å². The molecular formula is C12H17N3O5S. The van der Waals surface area contributed by atoms with Gasteiger partial charge in [0.05, 0.1) is 6.54 Å². The Morgan fingerprint density at radius 2 is 1.95 bits per heavy atom. The first-order chi connectivity index (χ1) is 9.95. The minimum absolute atomic E-state index is 0.0436. The molecular weight excluding hydrogens is 298 g/mol. The monoisotopic (exact) mass is 315 g/mol. The van der Waals surface area contributed by atoms with E-state index in [1.165, 1.54) is 12.3 Å². The molecule has 2 rings (SSSR count). The van der Waals surface area contributed by atoms with E-state index < -0.39 is 16.9 Å². The molecule has 1 aromatic rings. The summed E-state index contributed by atoms with van der Waals surface area (Å²) < 4.78 is 22.9. The van der Waals surface area contributed by atoms with Gasteiger partial charge in [-0.2, -0.15) is 0 Å². The van der Waals surface area contributed by atoms with Crippen molar-refractivity contribution in [1.82, 2.24) is 8.87 Å². The van der Waals surface area contributed by atoms with Crippen molar-refractivity contribution >= 4 is 22.8 Å². The van der Waals surface area contributed by atoms with Crippen molar-refractivity contribution in [2.45, 2.75) is 18.8 Å². The van der Waals surface area contributed by atoms with Crippen LogP contribution in [0.15, 0.2) is 12.3 Å². The Morgan fingerprint density at radius 1 is 1.33 bits per heavy atom. The molecule has 9 heteroatoms. The van der Waals surface area contributed by atoms with Crippen LogP contribution in [0.2, 0.25) is 0 Å². The van der Waals surface area contributed by atoms with Gasteiger partial charge in [0.15, 0.2) is 0 Å². The van der Waals surface area contributed by atoms with Crippen LogP contribution in [0.3, 0.4) is 0 Å². The standard InChI is InChI=1S/C12H17N3O5S/c13-7-10(16)14-4-1-8(2-5-14)9-3-6-15(21(19)20)11(9)12(17)18/h3,6,8,21H,1-2,4-5,7,13H2,(H,17,18). The maximum Gasteiger partial charge on any atom is 0.353 e. The smallest absolute Gasteiger partial charge is 0.353 e. The third-order valence-corrected chi connectivity index (χ3v) is 4.42. The van der Waals surface area contributed by atoms with Crippen molar-refractivity contribution in [3.63, 3.8) is 0 Å². The zero-order valence-electron chi connectivity index (χ0n) is 11.3. The maximum atomic E-state index is 11.5. The van der Waals surface area contributed by atoms with Gasteiger partial charge in [0, 0.05) is 19.3 Å². The summed E-state index contributed by atoms with van der Waals surface area (Å²) >= 11 is 0. The molecule has 1 fully saturated rings. The van der Waals surface area contributed by atoms with Crippen molar-refractivity contribution < 1.29 is 23.1 Å². The Balaban J connectivity index is 2.21. The van der Waals surface area contributed by atoms with E-state index in [9.17, 15) is 23.1 Å². The average Bonchev–Trinajstić information content (AvgIpc) is 2.91. The van der Waals surface area contributed by atoms with E-state index in [1.807, 2.05) is 0 Å². The minimum Gasteiger partial charge on any atom is -0.477 e. The molecule has 0 bridgehead atoms. The third kappa shape index (κ3) is 3.08. The number of carbonyl (C=O) groups is 2. The Kier molecular flexibility index (Phi) is 4.63. The molecule has 21 heavy (non-hydrogen) atoms. The van der Waals surface area contributed by atoms with Crippen LogP contribution in [0, 0.1) is 0 Å². The van der Waals surface area contributed by atoms with E-state index >= 15 is 0 Å². The van der Waals surface area contributed by atoms with Crippen molar-refractivity contribution in [3.8, 4) is 0 Å². The number of aromatic carboxylic acids is 1. The number of carboxylic acids is 1. The molecule has 1 aromatic heterocycles. The number of nitrogens with zero attached hydrogens (tertiary/aromatic N) is 2. The molecule has 116 valence electrons. The van der Waals surface area contributed by atoms with Gasteiger partial charge in [0.2, 0.25) is 16.8 Å². The lowest BCUT2D eigenvalue weighted by atomic mass is 9.89. The fourth-order valence-corrected chi connectivity index (χ4v) is 3.23. The summed E-state index contributed by atoms with van der Waals surface area (Å²) in [5.41, 5.74) is 5.60. The lowest BCUT2D eigenvalue weighted by Crippen LogP contribution is -2.41. The molecule has 0 atom stereocenters. The maximum absolute atomic E-state index is 11.5. The minimum atomic E-state index is -3.02. The summed E-state index contributed by atoms with van der Waals surface area (Å²) in [6.07, 6.45) is 2.43. The number of carboxylic acid groups (broad SMARTS) is 1. The lowest BCUT2D eigenvalue weighted by molar-refractivity contribution is -0.130. The van der Waals surface area contributed by atoms with E-state index in [4.69, 9.17) is 5.73 Å². The second-order valence-electron chi connectivity index (χ2n) is 4.87. The predicted octanol–water partition coefficient (Wildman–Crippen LogP) is -0.774. The second kappa shape index (κ2) is 6.27. The van der Waals surface area contributed by atoms with Gasteiger partial charge in [-0.05, 0) is 30.4 Å². The Morgan fingerprint density at radius 3 is 2.43 bits per heavy atom. The first-order valence-electron chi connectivity index (χ1n) is 6.52. The Bertz CT molecular complexity index is 621. The molecule has 1 aliphatic heterocycles. The molecule has 2 heterocycles. The van der Waals surface area contributed by atoms with Crippen LogP contribution < -0.4 is 5.73 Å². The molecule has 0 aromatic carbocycles. The summed E-state index contributed by atoms with van der Waals surface area (Å²) in [5, 5.41) is 9.22. The zero-order valence-corrected chi connectivity index (χ0v) is 12.2. The van der Waals surface area contributed by atoms with Gasteiger partial charge in [-0.25, -0.2) is 17.2 Å². The van der Waals surface area contributed by atoms with Crippen molar-refractivity contribution in [3.05, 3.63) is 23.5 Å². The van der Waals surface area contributed by atoms with Crippen LogP contribution in [0.25, 0.3) is 0 Å². The molecule has 0 aliphatic carbocycles. The number of amides is 1. The van der Waals surface area contributed by atoms with E-state index in [2.05, 4.69) is 0 Å². The topological polar surface area (TPSA) is 123 Å². The number of rotatable bonds is 4. The fraction of sp³-hybridized carbons (Fsp3) is 0.500. The van der Waals surface area contributed by atoms with Crippen LogP contribution in [-0.2, 0) is 15.7 Å². The summed E-state index contributed by atoms with van der Waals surface area (Å²) in [5.74, 6) is -1.48. The SMILES string of the molecule is NCC(=O)N1CCC(c2ccn([SH](=O)=O)c2C(=O)O)CC1. The lowest BCUT2D eigenvalue weighted by Gasteiger charge is -2.31. The van der Waals surface area contributed by atoms with Crippen LogP contribution in [0.4, 0.5) is 0 Å². The number of thiol groups is 1. The zero-order chi connectivity index (χ0) is 15.6. The summed E-state index contributed by atoms with van der Waals surface area (Å²) in [7, 11) is -3.02. The number of piperidine rings is 1.